The van der Waals surface area contributed by atoms with Crippen molar-refractivity contribution >= 4 is 17.0 Å². The van der Waals surface area contributed by atoms with E-state index in [1.165, 1.54) is 32.1 Å². The fourth-order valence-electron chi connectivity index (χ4n) is 4.59. The molecule has 8 heteroatoms. The highest BCUT2D eigenvalue weighted by Crippen LogP contribution is 2.34. The number of nitrogens with one attached hydrogen (secondary N) is 2. The van der Waals surface area contributed by atoms with E-state index in [0.29, 0.717) is 17.0 Å². The third-order valence-corrected chi connectivity index (χ3v) is 6.12. The average molecular weight is 389 g/mol. The molecule has 0 bridgehead atoms. The first-order chi connectivity index (χ1) is 13.4. The molecule has 2 aromatic heterocycles. The first-order valence-electron chi connectivity index (χ1n) is 10.4. The first kappa shape index (κ1) is 19.4. The van der Waals surface area contributed by atoms with Crippen molar-refractivity contribution in [3.05, 3.63) is 16.6 Å². The lowest BCUT2D eigenvalue weighted by atomic mass is 9.80. The Morgan fingerprint density at radius 2 is 1.93 bits per heavy atom. The lowest BCUT2D eigenvalue weighted by molar-refractivity contribution is -0.0319. The number of aromatic amines is 1. The SMILES string of the molecule is CC(C)(C)n1ncc2c(=O)[nH]c(NCC3(N4CCOCC4)CCCCC3)nc21. The second-order valence-corrected chi connectivity index (χ2v) is 9.12. The van der Waals surface area contributed by atoms with Crippen LogP contribution in [0.4, 0.5) is 5.95 Å². The molecular weight excluding hydrogens is 356 g/mol. The van der Waals surface area contributed by atoms with E-state index in [4.69, 9.17) is 9.72 Å². The fourth-order valence-corrected chi connectivity index (χ4v) is 4.59. The highest BCUT2D eigenvalue weighted by atomic mass is 16.5. The normalized spacial score (nSPS) is 21.1. The highest BCUT2D eigenvalue weighted by molar-refractivity contribution is 5.74. The molecule has 1 saturated carbocycles. The van der Waals surface area contributed by atoms with Gasteiger partial charge in [-0.3, -0.25) is 14.7 Å². The van der Waals surface area contributed by atoms with Gasteiger partial charge >= 0.3 is 0 Å². The van der Waals surface area contributed by atoms with Crippen molar-refractivity contribution in [2.45, 2.75) is 64.0 Å². The fraction of sp³-hybridized carbons (Fsp3) is 0.750. The van der Waals surface area contributed by atoms with Gasteiger partial charge in [-0.25, -0.2) is 4.68 Å². The maximum Gasteiger partial charge on any atom is 0.263 e. The van der Waals surface area contributed by atoms with Crippen LogP contribution >= 0.6 is 0 Å². The molecule has 0 aromatic carbocycles. The first-order valence-corrected chi connectivity index (χ1v) is 10.4. The smallest absolute Gasteiger partial charge is 0.263 e. The number of anilines is 1. The van der Waals surface area contributed by atoms with Crippen LogP contribution in [0.1, 0.15) is 52.9 Å². The summed E-state index contributed by atoms with van der Waals surface area (Å²) in [5.74, 6) is 0.529. The van der Waals surface area contributed by atoms with Gasteiger partial charge < -0.3 is 10.1 Å². The summed E-state index contributed by atoms with van der Waals surface area (Å²) in [7, 11) is 0. The molecule has 2 aliphatic rings. The molecule has 2 fully saturated rings. The van der Waals surface area contributed by atoms with Crippen molar-refractivity contribution in [2.24, 2.45) is 0 Å². The van der Waals surface area contributed by atoms with E-state index in [-0.39, 0.29) is 16.6 Å². The number of morpholine rings is 1. The van der Waals surface area contributed by atoms with Crippen LogP contribution in [0.25, 0.3) is 11.0 Å². The minimum atomic E-state index is -0.238. The molecule has 28 heavy (non-hydrogen) atoms. The highest BCUT2D eigenvalue weighted by Gasteiger charge is 2.38. The Bertz CT molecular complexity index is 869. The van der Waals surface area contributed by atoms with E-state index in [1.54, 1.807) is 6.20 Å². The van der Waals surface area contributed by atoms with Gasteiger partial charge in [0.25, 0.3) is 5.56 Å². The molecule has 1 aliphatic carbocycles. The predicted octanol–water partition coefficient (Wildman–Crippen LogP) is 2.32. The number of aromatic nitrogens is 4. The summed E-state index contributed by atoms with van der Waals surface area (Å²) in [6, 6.07) is 0. The zero-order valence-corrected chi connectivity index (χ0v) is 17.3. The molecule has 0 radical (unpaired) electrons. The third-order valence-electron chi connectivity index (χ3n) is 6.12. The van der Waals surface area contributed by atoms with Crippen LogP contribution in [0.5, 0.6) is 0 Å². The van der Waals surface area contributed by atoms with Crippen molar-refractivity contribution in [2.75, 3.05) is 38.2 Å². The summed E-state index contributed by atoms with van der Waals surface area (Å²) < 4.78 is 7.39. The maximum atomic E-state index is 12.6. The zero-order chi connectivity index (χ0) is 19.8. The molecule has 2 aromatic rings. The number of hydrogen-bond acceptors (Lipinski definition) is 6. The zero-order valence-electron chi connectivity index (χ0n) is 17.3. The van der Waals surface area contributed by atoms with Crippen molar-refractivity contribution in [3.8, 4) is 0 Å². The van der Waals surface area contributed by atoms with Crippen LogP contribution in [-0.4, -0.2) is 63.0 Å². The molecule has 1 aliphatic heterocycles. The molecule has 0 unspecified atom stereocenters. The predicted molar refractivity (Wildman–Crippen MR) is 110 cm³/mol. The molecule has 4 rings (SSSR count). The Morgan fingerprint density at radius 1 is 1.21 bits per heavy atom. The number of fused-ring (bicyclic) bond motifs is 1. The Morgan fingerprint density at radius 3 is 2.61 bits per heavy atom. The minimum absolute atomic E-state index is 0.111. The maximum absolute atomic E-state index is 12.6. The molecule has 0 atom stereocenters. The van der Waals surface area contributed by atoms with Crippen LogP contribution in [0.3, 0.4) is 0 Å². The van der Waals surface area contributed by atoms with Gasteiger partial charge in [0.2, 0.25) is 5.95 Å². The monoisotopic (exact) mass is 388 g/mol. The molecule has 0 amide bonds. The van der Waals surface area contributed by atoms with Crippen molar-refractivity contribution in [3.63, 3.8) is 0 Å². The van der Waals surface area contributed by atoms with Crippen molar-refractivity contribution < 1.29 is 4.74 Å². The summed E-state index contributed by atoms with van der Waals surface area (Å²) >= 11 is 0. The van der Waals surface area contributed by atoms with Crippen LogP contribution in [0.15, 0.2) is 11.0 Å². The van der Waals surface area contributed by atoms with Crippen LogP contribution < -0.4 is 10.9 Å². The van der Waals surface area contributed by atoms with Gasteiger partial charge in [-0.15, -0.1) is 0 Å². The molecule has 8 nitrogen and oxygen atoms in total. The van der Waals surface area contributed by atoms with E-state index >= 15 is 0 Å². The van der Waals surface area contributed by atoms with E-state index in [2.05, 4.69) is 41.1 Å². The number of nitrogens with zero attached hydrogens (tertiary/aromatic N) is 4. The molecule has 154 valence electrons. The summed E-state index contributed by atoms with van der Waals surface area (Å²) in [5, 5.41) is 8.38. The summed E-state index contributed by atoms with van der Waals surface area (Å²) in [6.07, 6.45) is 7.75. The Labute approximate surface area is 165 Å². The van der Waals surface area contributed by atoms with Gasteiger partial charge in [0.1, 0.15) is 5.39 Å². The Balaban J connectivity index is 1.60. The lowest BCUT2D eigenvalue weighted by Crippen LogP contribution is -2.58. The lowest BCUT2D eigenvalue weighted by Gasteiger charge is -2.48. The largest absolute Gasteiger partial charge is 0.379 e. The minimum Gasteiger partial charge on any atom is -0.379 e. The number of ether oxygens (including phenoxy) is 1. The van der Waals surface area contributed by atoms with E-state index < -0.39 is 0 Å². The second-order valence-electron chi connectivity index (χ2n) is 9.12. The second kappa shape index (κ2) is 7.48. The number of hydrogen-bond donors (Lipinski definition) is 2. The van der Waals surface area contributed by atoms with Crippen molar-refractivity contribution in [1.82, 2.24) is 24.6 Å². The molecule has 3 heterocycles. The van der Waals surface area contributed by atoms with Crippen LogP contribution in [-0.2, 0) is 10.3 Å². The molecular formula is C20H32N6O2. The van der Waals surface area contributed by atoms with Gasteiger partial charge in [0.15, 0.2) is 5.65 Å². The molecule has 0 spiro atoms. The van der Waals surface area contributed by atoms with Gasteiger partial charge in [-0.05, 0) is 33.6 Å². The Kier molecular flexibility index (Phi) is 5.18. The van der Waals surface area contributed by atoms with Gasteiger partial charge in [-0.1, -0.05) is 19.3 Å². The standard InChI is InChI=1S/C20H32N6O2/c1-19(2,3)26-16-15(13-22-26)17(27)24-18(23-16)21-14-20(7-5-4-6-8-20)25-9-11-28-12-10-25/h13H,4-12,14H2,1-3H3,(H2,21,23,24,27). The van der Waals surface area contributed by atoms with E-state index in [9.17, 15) is 4.79 Å². The van der Waals surface area contributed by atoms with E-state index in [0.717, 1.165) is 32.8 Å². The average Bonchev–Trinajstić information content (AvgIpc) is 3.13. The summed E-state index contributed by atoms with van der Waals surface area (Å²) in [6.45, 7) is 10.5. The third kappa shape index (κ3) is 3.67. The number of H-pyrrole nitrogens is 1. The molecule has 2 N–H and O–H groups in total. The topological polar surface area (TPSA) is 88.1 Å². The van der Waals surface area contributed by atoms with Gasteiger partial charge in [0.05, 0.1) is 24.9 Å². The van der Waals surface area contributed by atoms with Gasteiger partial charge in [0, 0.05) is 25.2 Å². The Hall–Kier alpha value is -1.93. The summed E-state index contributed by atoms with van der Waals surface area (Å²) in [5.41, 5.74) is 0.354. The van der Waals surface area contributed by atoms with Crippen LogP contribution in [0.2, 0.25) is 0 Å². The quantitative estimate of drug-likeness (QED) is 0.836. The molecule has 1 saturated heterocycles. The van der Waals surface area contributed by atoms with Gasteiger partial charge in [-0.2, -0.15) is 10.1 Å². The van der Waals surface area contributed by atoms with Crippen molar-refractivity contribution in [1.29, 1.82) is 0 Å². The number of rotatable bonds is 4. The van der Waals surface area contributed by atoms with E-state index in [1.807, 2.05) is 4.68 Å². The summed E-state index contributed by atoms with van der Waals surface area (Å²) in [4.78, 5) is 22.8. The van der Waals surface area contributed by atoms with Crippen LogP contribution in [0, 0.1) is 0 Å².